The number of aromatic nitrogens is 2. The Balaban J connectivity index is 2.05. The van der Waals surface area contributed by atoms with Crippen LogP contribution in [0.5, 0.6) is 0 Å². The highest BCUT2D eigenvalue weighted by atomic mass is 16.5. The molecule has 0 atom stereocenters. The molecule has 3 N–H and O–H groups in total. The van der Waals surface area contributed by atoms with Crippen molar-refractivity contribution in [1.82, 2.24) is 9.55 Å². The van der Waals surface area contributed by atoms with E-state index < -0.39 is 35.2 Å². The monoisotopic (exact) mass is 329 g/mol. The number of aromatic amines is 1. The second kappa shape index (κ2) is 7.23. The van der Waals surface area contributed by atoms with Crippen LogP contribution in [0.2, 0.25) is 0 Å². The molecule has 1 aromatic heterocycles. The van der Waals surface area contributed by atoms with Crippen LogP contribution < -0.4 is 17.0 Å². The number of hydrogen-bond donors (Lipinski definition) is 2. The summed E-state index contributed by atoms with van der Waals surface area (Å²) in [5.41, 5.74) is 4.31. The Hall–Kier alpha value is -3.42. The van der Waals surface area contributed by atoms with E-state index in [0.717, 1.165) is 16.2 Å². The van der Waals surface area contributed by atoms with E-state index in [1.54, 1.807) is 12.1 Å². The Morgan fingerprint density at radius 2 is 1.92 bits per heavy atom. The fourth-order valence-corrected chi connectivity index (χ4v) is 1.89. The van der Waals surface area contributed by atoms with Gasteiger partial charge in [0.2, 0.25) is 5.78 Å². The summed E-state index contributed by atoms with van der Waals surface area (Å²) in [6.07, 6.45) is 2.69. The van der Waals surface area contributed by atoms with E-state index in [1.165, 1.54) is 13.1 Å². The van der Waals surface area contributed by atoms with Crippen molar-refractivity contribution in [3.63, 3.8) is 0 Å². The van der Waals surface area contributed by atoms with Gasteiger partial charge in [0.15, 0.2) is 6.61 Å². The topological polar surface area (TPSA) is 124 Å². The molecule has 0 saturated carbocycles. The zero-order valence-corrected chi connectivity index (χ0v) is 12.8. The van der Waals surface area contributed by atoms with Crippen molar-refractivity contribution in [3.8, 4) is 0 Å². The number of Topliss-reactive ketones (excluding diaryl/α,β-unsaturated/α-hetero) is 1. The molecule has 0 aliphatic heterocycles. The molecule has 1 aromatic carbocycles. The van der Waals surface area contributed by atoms with Crippen LogP contribution in [0.4, 0.5) is 5.82 Å². The first-order chi connectivity index (χ1) is 11.4. The Morgan fingerprint density at radius 3 is 2.58 bits per heavy atom. The van der Waals surface area contributed by atoms with Gasteiger partial charge in [-0.1, -0.05) is 30.3 Å². The minimum Gasteiger partial charge on any atom is -0.454 e. The summed E-state index contributed by atoms with van der Waals surface area (Å²) in [5.74, 6) is -1.83. The number of hydrogen-bond acceptors (Lipinski definition) is 6. The number of H-pyrrole nitrogens is 1. The molecule has 0 amide bonds. The molecule has 24 heavy (non-hydrogen) atoms. The van der Waals surface area contributed by atoms with Crippen LogP contribution in [0.15, 0.2) is 46.0 Å². The molecule has 0 bridgehead atoms. The van der Waals surface area contributed by atoms with Crippen LogP contribution in [-0.4, -0.2) is 27.9 Å². The van der Waals surface area contributed by atoms with E-state index in [0.29, 0.717) is 0 Å². The molecule has 2 aromatic rings. The van der Waals surface area contributed by atoms with Gasteiger partial charge in [-0.3, -0.25) is 19.1 Å². The highest BCUT2D eigenvalue weighted by molar-refractivity contribution is 6.01. The number of ketones is 1. The maximum absolute atomic E-state index is 12.0. The molecule has 124 valence electrons. The number of carbonyl (C=O) groups is 2. The number of ether oxygens (including phenoxy) is 1. The fraction of sp³-hybridized carbons (Fsp3) is 0.125. The molecule has 1 heterocycles. The SMILES string of the molecule is Cn1c(N)c(C(=O)COC(=O)/C=C/c2ccccc2)c(=O)[nH]c1=O. The molecule has 8 heteroatoms. The van der Waals surface area contributed by atoms with Crippen LogP contribution in [0.3, 0.4) is 0 Å². The van der Waals surface area contributed by atoms with E-state index in [9.17, 15) is 19.2 Å². The van der Waals surface area contributed by atoms with Gasteiger partial charge < -0.3 is 10.5 Å². The quantitative estimate of drug-likeness (QED) is 0.455. The van der Waals surface area contributed by atoms with E-state index >= 15 is 0 Å². The average Bonchev–Trinajstić information content (AvgIpc) is 2.57. The van der Waals surface area contributed by atoms with Gasteiger partial charge in [-0.2, -0.15) is 0 Å². The molecule has 0 saturated heterocycles. The number of nitrogens with one attached hydrogen (secondary N) is 1. The van der Waals surface area contributed by atoms with Crippen LogP contribution in [0.25, 0.3) is 6.08 Å². The molecule has 0 radical (unpaired) electrons. The van der Waals surface area contributed by atoms with E-state index in [4.69, 9.17) is 10.5 Å². The molecule has 0 spiro atoms. The zero-order valence-electron chi connectivity index (χ0n) is 12.8. The van der Waals surface area contributed by atoms with Crippen LogP contribution in [-0.2, 0) is 16.6 Å². The van der Waals surface area contributed by atoms with Crippen molar-refractivity contribution in [2.24, 2.45) is 7.05 Å². The van der Waals surface area contributed by atoms with Crippen LogP contribution in [0.1, 0.15) is 15.9 Å². The van der Waals surface area contributed by atoms with E-state index in [2.05, 4.69) is 0 Å². The van der Waals surface area contributed by atoms with Gasteiger partial charge in [-0.25, -0.2) is 9.59 Å². The Labute approximate surface area is 136 Å². The van der Waals surface area contributed by atoms with Gasteiger partial charge in [-0.05, 0) is 11.6 Å². The summed E-state index contributed by atoms with van der Waals surface area (Å²) >= 11 is 0. The molecule has 8 nitrogen and oxygen atoms in total. The number of nitrogens with zero attached hydrogens (tertiary/aromatic N) is 1. The summed E-state index contributed by atoms with van der Waals surface area (Å²) in [7, 11) is 1.30. The second-order valence-electron chi connectivity index (χ2n) is 4.85. The van der Waals surface area contributed by atoms with Crippen molar-refractivity contribution in [2.45, 2.75) is 0 Å². The van der Waals surface area contributed by atoms with Crippen molar-refractivity contribution >= 4 is 23.6 Å². The molecule has 0 fully saturated rings. The van der Waals surface area contributed by atoms with Crippen molar-refractivity contribution in [2.75, 3.05) is 12.3 Å². The third-order valence-corrected chi connectivity index (χ3v) is 3.21. The predicted octanol–water partition coefficient (Wildman–Crippen LogP) is 0.0951. The first-order valence-electron chi connectivity index (χ1n) is 6.92. The van der Waals surface area contributed by atoms with Crippen LogP contribution >= 0.6 is 0 Å². The van der Waals surface area contributed by atoms with Gasteiger partial charge in [0.05, 0.1) is 0 Å². The van der Waals surface area contributed by atoms with E-state index in [1.807, 2.05) is 23.2 Å². The summed E-state index contributed by atoms with van der Waals surface area (Å²) < 4.78 is 5.71. The van der Waals surface area contributed by atoms with Gasteiger partial charge in [0, 0.05) is 13.1 Å². The molecule has 2 rings (SSSR count). The number of esters is 1. The largest absolute Gasteiger partial charge is 0.454 e. The summed E-state index contributed by atoms with van der Waals surface area (Å²) in [4.78, 5) is 48.6. The predicted molar refractivity (Wildman–Crippen MR) is 87.5 cm³/mol. The lowest BCUT2D eigenvalue weighted by atomic mass is 10.2. The molecular weight excluding hydrogens is 314 g/mol. The molecular formula is C16H15N3O5. The second-order valence-corrected chi connectivity index (χ2v) is 4.85. The molecule has 0 aliphatic carbocycles. The lowest BCUT2D eigenvalue weighted by molar-refractivity contribution is -0.136. The fourth-order valence-electron chi connectivity index (χ4n) is 1.89. The third-order valence-electron chi connectivity index (χ3n) is 3.21. The first-order valence-corrected chi connectivity index (χ1v) is 6.92. The number of benzene rings is 1. The zero-order chi connectivity index (χ0) is 17.7. The normalized spacial score (nSPS) is 10.7. The van der Waals surface area contributed by atoms with E-state index in [-0.39, 0.29) is 5.82 Å². The molecule has 0 unspecified atom stereocenters. The lowest BCUT2D eigenvalue weighted by Gasteiger charge is -2.07. The van der Waals surface area contributed by atoms with Gasteiger partial charge in [0.25, 0.3) is 5.56 Å². The van der Waals surface area contributed by atoms with Gasteiger partial charge in [-0.15, -0.1) is 0 Å². The van der Waals surface area contributed by atoms with Crippen molar-refractivity contribution in [3.05, 3.63) is 68.4 Å². The first kappa shape index (κ1) is 16.9. The number of nitrogen functional groups attached to an aromatic ring is 1. The summed E-state index contributed by atoms with van der Waals surface area (Å²) in [6.45, 7) is -0.663. The minimum absolute atomic E-state index is 0.287. The third kappa shape index (κ3) is 3.86. The Bertz CT molecular complexity index is 910. The summed E-state index contributed by atoms with van der Waals surface area (Å²) in [6, 6.07) is 9.04. The standard InChI is InChI=1S/C16H15N3O5/c1-19-14(17)13(15(22)18-16(19)23)11(20)9-24-12(21)8-7-10-5-3-2-4-6-10/h2-8H,9,17H2,1H3,(H,18,22,23)/b8-7+. The minimum atomic E-state index is -0.920. The number of nitrogens with two attached hydrogens (primary N) is 1. The van der Waals surface area contributed by atoms with Crippen LogP contribution in [0, 0.1) is 0 Å². The van der Waals surface area contributed by atoms with Crippen molar-refractivity contribution in [1.29, 1.82) is 0 Å². The van der Waals surface area contributed by atoms with Gasteiger partial charge in [0.1, 0.15) is 11.4 Å². The lowest BCUT2D eigenvalue weighted by Crippen LogP contribution is -2.35. The number of anilines is 1. The highest BCUT2D eigenvalue weighted by Gasteiger charge is 2.19. The average molecular weight is 329 g/mol. The maximum Gasteiger partial charge on any atom is 0.331 e. The van der Waals surface area contributed by atoms with Crippen molar-refractivity contribution < 1.29 is 14.3 Å². The molecule has 0 aliphatic rings. The Kier molecular flexibility index (Phi) is 5.10. The Morgan fingerprint density at radius 1 is 1.25 bits per heavy atom. The van der Waals surface area contributed by atoms with Gasteiger partial charge >= 0.3 is 11.7 Å². The number of carbonyl (C=O) groups excluding carboxylic acids is 2. The summed E-state index contributed by atoms with van der Waals surface area (Å²) in [5, 5.41) is 0. The smallest absolute Gasteiger partial charge is 0.331 e. The maximum atomic E-state index is 12.0. The number of rotatable bonds is 5. The highest BCUT2D eigenvalue weighted by Crippen LogP contribution is 2.04.